The van der Waals surface area contributed by atoms with Crippen molar-refractivity contribution in [3.05, 3.63) is 28.8 Å². The highest BCUT2D eigenvalue weighted by Crippen LogP contribution is 2.61. The molecule has 0 aromatic heterocycles. The molecule has 1 aromatic carbocycles. The van der Waals surface area contributed by atoms with Crippen LogP contribution in [0.5, 0.6) is 5.75 Å². The molecule has 2 saturated carbocycles. The van der Waals surface area contributed by atoms with Crippen molar-refractivity contribution in [3.63, 3.8) is 0 Å². The van der Waals surface area contributed by atoms with Crippen LogP contribution in [0.4, 0.5) is 0 Å². The molecule has 0 unspecified atom stereocenters. The first-order valence-corrected chi connectivity index (χ1v) is 10.4. The largest absolute Gasteiger partial charge is 0.507 e. The number of hydrogen-bond acceptors (Lipinski definition) is 4. The van der Waals surface area contributed by atoms with Crippen LogP contribution in [0.2, 0.25) is 0 Å². The third kappa shape index (κ3) is 2.22. The van der Waals surface area contributed by atoms with E-state index in [1.165, 1.54) is 12.8 Å². The lowest BCUT2D eigenvalue weighted by Gasteiger charge is -2.65. The number of piperidine rings is 1. The third-order valence-electron chi connectivity index (χ3n) is 8.26. The van der Waals surface area contributed by atoms with Crippen LogP contribution in [0, 0.1) is 5.92 Å². The Bertz CT molecular complexity index is 895. The van der Waals surface area contributed by atoms with Gasteiger partial charge in [-0.05, 0) is 30.9 Å². The summed E-state index contributed by atoms with van der Waals surface area (Å²) in [6.07, 6.45) is 4.85. The van der Waals surface area contributed by atoms with E-state index in [0.717, 1.165) is 29.1 Å². The number of amides is 1. The summed E-state index contributed by atoms with van der Waals surface area (Å²) in [6, 6.07) is 3.46. The number of fused-ring (bicyclic) bond motifs is 1. The van der Waals surface area contributed by atoms with Crippen molar-refractivity contribution in [3.8, 4) is 5.75 Å². The number of aliphatic hydroxyl groups is 1. The van der Waals surface area contributed by atoms with E-state index in [4.69, 9.17) is 5.73 Å². The number of primary amides is 1. The quantitative estimate of drug-likeness (QED) is 0.685. The zero-order valence-electron chi connectivity index (χ0n) is 16.4. The SMILES string of the molecule is C[N@+]1(CC2CC2)CC[C@]23CC(=O)CC[C@@]2(O)[C@H]1Cc1ccc(C(N)=O)c(O)c13. The predicted octanol–water partition coefficient (Wildman–Crippen LogP) is 1.40. The van der Waals surface area contributed by atoms with E-state index in [-0.39, 0.29) is 29.6 Å². The lowest BCUT2D eigenvalue weighted by molar-refractivity contribution is -0.950. The Kier molecular flexibility index (Phi) is 3.61. The molecule has 3 aliphatic carbocycles. The van der Waals surface area contributed by atoms with Gasteiger partial charge in [-0.3, -0.25) is 9.59 Å². The summed E-state index contributed by atoms with van der Waals surface area (Å²) in [5.74, 6) is 0.0429. The van der Waals surface area contributed by atoms with Crippen molar-refractivity contribution in [2.75, 3.05) is 20.1 Å². The van der Waals surface area contributed by atoms with Gasteiger partial charge in [-0.1, -0.05) is 6.07 Å². The Morgan fingerprint density at radius 1 is 1.32 bits per heavy atom. The zero-order valence-corrected chi connectivity index (χ0v) is 16.4. The molecule has 1 amide bonds. The van der Waals surface area contributed by atoms with Gasteiger partial charge in [-0.2, -0.15) is 0 Å². The van der Waals surface area contributed by atoms with Crippen molar-refractivity contribution in [1.82, 2.24) is 0 Å². The molecule has 0 radical (unpaired) electrons. The van der Waals surface area contributed by atoms with Gasteiger partial charge in [0.2, 0.25) is 0 Å². The first kappa shape index (κ1) is 18.1. The summed E-state index contributed by atoms with van der Waals surface area (Å²) < 4.78 is 0.828. The second kappa shape index (κ2) is 5.57. The van der Waals surface area contributed by atoms with E-state index in [0.29, 0.717) is 31.2 Å². The molecule has 4 N–H and O–H groups in total. The molecule has 6 heteroatoms. The van der Waals surface area contributed by atoms with Crippen molar-refractivity contribution < 1.29 is 24.3 Å². The van der Waals surface area contributed by atoms with Crippen molar-refractivity contribution in [2.45, 2.75) is 62.0 Å². The number of likely N-dealkylation sites (N-methyl/N-ethyl adjacent to an activating group) is 1. The summed E-state index contributed by atoms with van der Waals surface area (Å²) >= 11 is 0. The Morgan fingerprint density at radius 2 is 2.07 bits per heavy atom. The molecule has 2 bridgehead atoms. The zero-order chi connectivity index (χ0) is 19.9. The predicted molar refractivity (Wildman–Crippen MR) is 103 cm³/mol. The summed E-state index contributed by atoms with van der Waals surface area (Å²) in [6.45, 7) is 1.94. The number of rotatable bonds is 3. The third-order valence-corrected chi connectivity index (χ3v) is 8.26. The van der Waals surface area contributed by atoms with Gasteiger partial charge in [0.1, 0.15) is 23.2 Å². The van der Waals surface area contributed by atoms with Crippen molar-refractivity contribution >= 4 is 11.7 Å². The highest BCUT2D eigenvalue weighted by atomic mass is 16.3. The van der Waals surface area contributed by atoms with Gasteiger partial charge in [0.15, 0.2) is 0 Å². The minimum absolute atomic E-state index is 0.00118. The molecule has 1 heterocycles. The molecule has 1 saturated heterocycles. The van der Waals surface area contributed by atoms with E-state index in [9.17, 15) is 19.8 Å². The van der Waals surface area contributed by atoms with Crippen LogP contribution in [0.1, 0.15) is 60.0 Å². The van der Waals surface area contributed by atoms with Gasteiger partial charge in [0, 0.05) is 42.6 Å². The van der Waals surface area contributed by atoms with Gasteiger partial charge in [0.05, 0.1) is 25.7 Å². The molecule has 1 aromatic rings. The molecule has 150 valence electrons. The maximum absolute atomic E-state index is 12.6. The minimum atomic E-state index is -1.05. The fraction of sp³-hybridized carbons (Fsp3) is 0.636. The molecule has 1 aliphatic heterocycles. The van der Waals surface area contributed by atoms with Crippen LogP contribution in [-0.2, 0) is 16.6 Å². The molecule has 6 nitrogen and oxygen atoms in total. The number of nitrogens with two attached hydrogens (primary N) is 1. The van der Waals surface area contributed by atoms with E-state index in [2.05, 4.69) is 7.05 Å². The molecule has 4 atom stereocenters. The van der Waals surface area contributed by atoms with E-state index >= 15 is 0 Å². The fourth-order valence-corrected chi connectivity index (χ4v) is 6.73. The molecule has 0 spiro atoms. The number of carbonyl (C=O) groups excluding carboxylic acids is 2. The van der Waals surface area contributed by atoms with E-state index < -0.39 is 16.9 Å². The smallest absolute Gasteiger partial charge is 0.252 e. The number of aromatic hydroxyl groups is 1. The number of quaternary nitrogens is 1. The van der Waals surface area contributed by atoms with Gasteiger partial charge in [-0.25, -0.2) is 0 Å². The maximum atomic E-state index is 12.6. The second-order valence-electron chi connectivity index (χ2n) is 9.88. The summed E-state index contributed by atoms with van der Waals surface area (Å²) in [7, 11) is 2.25. The summed E-state index contributed by atoms with van der Waals surface area (Å²) in [5.41, 5.74) is 5.23. The van der Waals surface area contributed by atoms with Crippen LogP contribution < -0.4 is 5.73 Å². The van der Waals surface area contributed by atoms with E-state index in [1.54, 1.807) is 6.07 Å². The fourth-order valence-electron chi connectivity index (χ4n) is 6.73. The van der Waals surface area contributed by atoms with Crippen LogP contribution in [-0.4, -0.2) is 58.2 Å². The van der Waals surface area contributed by atoms with Crippen LogP contribution in [0.15, 0.2) is 12.1 Å². The number of hydrogen-bond donors (Lipinski definition) is 3. The molecule has 4 aliphatic rings. The van der Waals surface area contributed by atoms with Gasteiger partial charge >= 0.3 is 0 Å². The second-order valence-corrected chi connectivity index (χ2v) is 9.88. The number of Topliss-reactive ketones (excluding diaryl/α,β-unsaturated/α-hetero) is 1. The highest BCUT2D eigenvalue weighted by Gasteiger charge is 2.70. The standard InChI is InChI=1S/C22H28N2O4/c1-24(12-13-2-3-13)9-8-21-11-15(25)6-7-22(21,28)17(24)10-14-4-5-16(20(23)27)19(26)18(14)21/h4-5,13,17,28H,2-3,6-12H2,1H3,(H2-,23,26,27)/p+1/t17-,21-,22-,24-/m1/s1. The monoisotopic (exact) mass is 385 g/mol. The number of ketones is 1. The molecular weight excluding hydrogens is 356 g/mol. The average Bonchev–Trinajstić information content (AvgIpc) is 3.43. The summed E-state index contributed by atoms with van der Waals surface area (Å²) in [5, 5.41) is 23.2. The Hall–Kier alpha value is -1.92. The first-order chi connectivity index (χ1) is 13.2. The highest BCUT2D eigenvalue weighted by molar-refractivity contribution is 5.96. The van der Waals surface area contributed by atoms with Crippen molar-refractivity contribution in [1.29, 1.82) is 0 Å². The van der Waals surface area contributed by atoms with Gasteiger partial charge in [-0.15, -0.1) is 0 Å². The van der Waals surface area contributed by atoms with Gasteiger partial charge < -0.3 is 20.4 Å². The number of phenols is 1. The van der Waals surface area contributed by atoms with Gasteiger partial charge in [0.25, 0.3) is 5.91 Å². The van der Waals surface area contributed by atoms with Crippen LogP contribution in [0.3, 0.4) is 0 Å². The molecule has 3 fully saturated rings. The Balaban J connectivity index is 1.73. The minimum Gasteiger partial charge on any atom is -0.507 e. The number of likely N-dealkylation sites (tertiary alicyclic amines) is 1. The first-order valence-electron chi connectivity index (χ1n) is 10.4. The average molecular weight is 385 g/mol. The normalized spacial score (nSPS) is 39.2. The summed E-state index contributed by atoms with van der Waals surface area (Å²) in [4.78, 5) is 24.4. The van der Waals surface area contributed by atoms with Crippen LogP contribution in [0.25, 0.3) is 0 Å². The van der Waals surface area contributed by atoms with E-state index in [1.807, 2.05) is 6.07 Å². The molecular formula is C22H29N2O4+. The number of carbonyl (C=O) groups is 2. The number of benzene rings is 1. The molecule has 28 heavy (non-hydrogen) atoms. The number of nitrogens with zero attached hydrogens (tertiary/aromatic N) is 1. The van der Waals surface area contributed by atoms with Crippen LogP contribution >= 0.6 is 0 Å². The maximum Gasteiger partial charge on any atom is 0.252 e. The van der Waals surface area contributed by atoms with Crippen molar-refractivity contribution in [2.24, 2.45) is 11.7 Å². The topological polar surface area (TPSA) is 101 Å². The lowest BCUT2D eigenvalue weighted by Crippen LogP contribution is -2.78. The lowest BCUT2D eigenvalue weighted by atomic mass is 9.48. The Morgan fingerprint density at radius 3 is 2.75 bits per heavy atom. The molecule has 5 rings (SSSR count). The Labute approximate surface area is 164 Å².